The van der Waals surface area contributed by atoms with Crippen LogP contribution in [0.4, 0.5) is 0 Å². The third-order valence-corrected chi connectivity index (χ3v) is 5.31. The van der Waals surface area contributed by atoms with Crippen LogP contribution in [0.5, 0.6) is 0 Å². The van der Waals surface area contributed by atoms with Crippen molar-refractivity contribution in [2.75, 3.05) is 6.61 Å². The van der Waals surface area contributed by atoms with Crippen LogP contribution in [0.25, 0.3) is 0 Å². The van der Waals surface area contributed by atoms with E-state index in [0.29, 0.717) is 12.0 Å². The van der Waals surface area contributed by atoms with Crippen molar-refractivity contribution in [1.82, 2.24) is 0 Å². The molecule has 1 heterocycles. The molecule has 0 spiro atoms. The minimum absolute atomic E-state index is 0.0205. The Morgan fingerprint density at radius 2 is 1.70 bits per heavy atom. The van der Waals surface area contributed by atoms with Crippen LogP contribution in [-0.2, 0) is 11.2 Å². The van der Waals surface area contributed by atoms with Crippen LogP contribution in [0, 0.1) is 0 Å². The number of aryl methyl sites for hydroxylation is 1. The topological polar surface area (TPSA) is 131 Å². The molecule has 1 fully saturated rings. The lowest BCUT2D eigenvalue weighted by molar-refractivity contribution is -0.262. The number of hydrogen-bond donors (Lipinski definition) is 6. The summed E-state index contributed by atoms with van der Waals surface area (Å²) in [5, 5.41) is 60.7. The highest BCUT2D eigenvalue weighted by Crippen LogP contribution is 2.36. The molecule has 6 atom stereocenters. The molecule has 27 heavy (non-hydrogen) atoms. The van der Waals surface area contributed by atoms with Gasteiger partial charge in [0.1, 0.15) is 36.1 Å². The van der Waals surface area contributed by atoms with Gasteiger partial charge in [-0.25, -0.2) is 0 Å². The highest BCUT2D eigenvalue weighted by atomic mass is 16.6. The van der Waals surface area contributed by atoms with Gasteiger partial charge >= 0.3 is 0 Å². The average Bonchev–Trinajstić information content (AvgIpc) is 2.66. The van der Waals surface area contributed by atoms with Gasteiger partial charge in [-0.05, 0) is 30.1 Å². The van der Waals surface area contributed by atoms with Gasteiger partial charge in [0.25, 0.3) is 0 Å². The molecule has 148 valence electrons. The van der Waals surface area contributed by atoms with Gasteiger partial charge in [0, 0.05) is 6.42 Å². The summed E-state index contributed by atoms with van der Waals surface area (Å²) in [5.74, 6) is -0.0205. The molecular weight excluding hydrogens is 352 g/mol. The van der Waals surface area contributed by atoms with Crippen molar-refractivity contribution in [3.63, 3.8) is 0 Å². The lowest BCUT2D eigenvalue weighted by Crippen LogP contribution is -2.65. The first-order valence-electron chi connectivity index (χ1n) is 9.03. The molecule has 1 saturated heterocycles. The Hall–Kier alpha value is -1.74. The van der Waals surface area contributed by atoms with Crippen LogP contribution in [-0.4, -0.2) is 73.4 Å². The van der Waals surface area contributed by atoms with Gasteiger partial charge in [-0.15, -0.1) is 0 Å². The van der Waals surface area contributed by atoms with Crippen molar-refractivity contribution in [3.8, 4) is 0 Å². The number of ether oxygens (including phenoxy) is 1. The maximum atomic E-state index is 10.9. The predicted molar refractivity (Wildman–Crippen MR) is 96.9 cm³/mol. The van der Waals surface area contributed by atoms with E-state index >= 15 is 0 Å². The summed E-state index contributed by atoms with van der Waals surface area (Å²) in [6.45, 7) is -0.578. The molecule has 2 aliphatic rings. The molecule has 0 radical (unpaired) electrons. The number of rotatable bonds is 5. The van der Waals surface area contributed by atoms with Gasteiger partial charge in [0.05, 0.1) is 12.4 Å². The smallest absolute Gasteiger partial charge is 0.119 e. The largest absolute Gasteiger partial charge is 0.512 e. The van der Waals surface area contributed by atoms with Crippen molar-refractivity contribution in [2.45, 2.75) is 55.4 Å². The Balaban J connectivity index is 1.71. The van der Waals surface area contributed by atoms with Gasteiger partial charge in [-0.1, -0.05) is 36.4 Å². The predicted octanol–water partition coefficient (Wildman–Crippen LogP) is -0.0353. The zero-order valence-electron chi connectivity index (χ0n) is 14.8. The third-order valence-electron chi connectivity index (χ3n) is 5.31. The molecule has 7 nitrogen and oxygen atoms in total. The maximum absolute atomic E-state index is 10.9. The Bertz CT molecular complexity index is 700. The second-order valence-electron chi connectivity index (χ2n) is 7.21. The Labute approximate surface area is 157 Å². The van der Waals surface area contributed by atoms with Crippen molar-refractivity contribution in [1.29, 1.82) is 0 Å². The van der Waals surface area contributed by atoms with Gasteiger partial charge in [0.2, 0.25) is 0 Å². The van der Waals surface area contributed by atoms with Crippen molar-refractivity contribution in [3.05, 3.63) is 59.4 Å². The van der Waals surface area contributed by atoms with Gasteiger partial charge in [-0.2, -0.15) is 0 Å². The van der Waals surface area contributed by atoms with Gasteiger partial charge < -0.3 is 35.4 Å². The van der Waals surface area contributed by atoms with E-state index in [2.05, 4.69) is 0 Å². The second kappa shape index (κ2) is 8.10. The molecule has 1 aliphatic carbocycles. The molecule has 0 amide bonds. The third kappa shape index (κ3) is 4.08. The molecule has 7 heteroatoms. The number of allylic oxidation sites excluding steroid dienone is 2. The number of benzene rings is 1. The first-order chi connectivity index (χ1) is 12.9. The highest BCUT2D eigenvalue weighted by Gasteiger charge is 2.52. The normalized spacial score (nSPS) is 36.9. The van der Waals surface area contributed by atoms with Gasteiger partial charge in [-0.3, -0.25) is 0 Å². The summed E-state index contributed by atoms with van der Waals surface area (Å²) < 4.78 is 5.44. The van der Waals surface area contributed by atoms with Crippen LogP contribution in [0.2, 0.25) is 0 Å². The molecule has 0 bridgehead atoms. The first-order valence-corrected chi connectivity index (χ1v) is 9.03. The molecule has 0 saturated carbocycles. The second-order valence-corrected chi connectivity index (χ2v) is 7.21. The molecule has 1 aliphatic heterocycles. The standard InChI is InChI=1S/C20H26O7/c21-11-15-16(23)17(24)18(25)19(27-15)20(26)9-8-13(14(22)10-20)7-6-12-4-2-1-3-5-12/h1-5,8-9,15-19,21-26H,6-7,10-11H2/t15-,16-,17+,18-,19?,20?/m1/s1. The van der Waals surface area contributed by atoms with E-state index in [4.69, 9.17) is 4.74 Å². The fraction of sp³-hybridized carbons (Fsp3) is 0.500. The van der Waals surface area contributed by atoms with Crippen LogP contribution in [0.15, 0.2) is 53.8 Å². The fourth-order valence-corrected chi connectivity index (χ4v) is 3.64. The molecule has 6 N–H and O–H groups in total. The molecule has 3 rings (SSSR count). The minimum atomic E-state index is -1.77. The Morgan fingerprint density at radius 3 is 2.33 bits per heavy atom. The summed E-state index contributed by atoms with van der Waals surface area (Å²) in [7, 11) is 0. The summed E-state index contributed by atoms with van der Waals surface area (Å²) in [6.07, 6.45) is -2.94. The SMILES string of the molecule is OC[C@H]1OC(C2(O)C=CC(CCc3ccccc3)=C(O)C2)[C@H](O)[C@@H](O)[C@@H]1O. The van der Waals surface area contributed by atoms with E-state index in [1.54, 1.807) is 6.08 Å². The molecule has 2 unspecified atom stereocenters. The highest BCUT2D eigenvalue weighted by molar-refractivity contribution is 5.33. The van der Waals surface area contributed by atoms with E-state index in [9.17, 15) is 30.6 Å². The quantitative estimate of drug-likeness (QED) is 0.424. The lowest BCUT2D eigenvalue weighted by Gasteiger charge is -2.46. The Morgan fingerprint density at radius 1 is 1.00 bits per heavy atom. The van der Waals surface area contributed by atoms with Crippen LogP contribution in [0.1, 0.15) is 18.4 Å². The van der Waals surface area contributed by atoms with E-state index in [1.807, 2.05) is 30.3 Å². The molecule has 0 aromatic heterocycles. The van der Waals surface area contributed by atoms with Crippen LogP contribution in [0.3, 0.4) is 0 Å². The number of aliphatic hydroxyl groups excluding tert-OH is 5. The maximum Gasteiger partial charge on any atom is 0.119 e. The summed E-state index contributed by atoms with van der Waals surface area (Å²) in [4.78, 5) is 0. The number of hydrogen-bond acceptors (Lipinski definition) is 7. The van der Waals surface area contributed by atoms with Crippen molar-refractivity contribution >= 4 is 0 Å². The average molecular weight is 378 g/mol. The molecule has 1 aromatic rings. The van der Waals surface area contributed by atoms with Crippen LogP contribution >= 0.6 is 0 Å². The molecule has 1 aromatic carbocycles. The van der Waals surface area contributed by atoms with E-state index in [-0.39, 0.29) is 12.2 Å². The zero-order chi connectivity index (χ0) is 19.6. The summed E-state index contributed by atoms with van der Waals surface area (Å²) >= 11 is 0. The fourth-order valence-electron chi connectivity index (χ4n) is 3.64. The minimum Gasteiger partial charge on any atom is -0.512 e. The first kappa shape index (κ1) is 20.0. The summed E-state index contributed by atoms with van der Waals surface area (Å²) in [6, 6.07) is 9.81. The van der Waals surface area contributed by atoms with E-state index in [1.165, 1.54) is 6.08 Å². The zero-order valence-corrected chi connectivity index (χ0v) is 14.8. The van der Waals surface area contributed by atoms with Crippen LogP contribution < -0.4 is 0 Å². The van der Waals surface area contributed by atoms with E-state index in [0.717, 1.165) is 12.0 Å². The van der Waals surface area contributed by atoms with Crippen molar-refractivity contribution in [2.24, 2.45) is 0 Å². The number of aliphatic hydroxyl groups is 6. The monoisotopic (exact) mass is 378 g/mol. The lowest BCUT2D eigenvalue weighted by atomic mass is 9.79. The van der Waals surface area contributed by atoms with Gasteiger partial charge in [0.15, 0.2) is 0 Å². The molecular formula is C20H26O7. The van der Waals surface area contributed by atoms with E-state index < -0.39 is 42.7 Å². The van der Waals surface area contributed by atoms with Crippen molar-refractivity contribution < 1.29 is 35.4 Å². The summed E-state index contributed by atoms with van der Waals surface area (Å²) in [5.41, 5.74) is 0.0305. The Kier molecular flexibility index (Phi) is 6.00.